The van der Waals surface area contributed by atoms with Gasteiger partial charge in [-0.25, -0.2) is 0 Å². The predicted octanol–water partition coefficient (Wildman–Crippen LogP) is 8.21. The van der Waals surface area contributed by atoms with Gasteiger partial charge in [-0.3, -0.25) is 0 Å². The first-order chi connectivity index (χ1) is 18.3. The highest BCUT2D eigenvalue weighted by molar-refractivity contribution is 5.98. The van der Waals surface area contributed by atoms with Crippen molar-refractivity contribution < 1.29 is 4.57 Å². The monoisotopic (exact) mass is 475 g/mol. The largest absolute Gasteiger partial charge is 0.399 e. The maximum Gasteiger partial charge on any atom is 0.226 e. The van der Waals surface area contributed by atoms with Gasteiger partial charge < -0.3 is 5.73 Å². The summed E-state index contributed by atoms with van der Waals surface area (Å²) in [6.07, 6.45) is 2.28. The Kier molecular flexibility index (Phi) is 6.06. The summed E-state index contributed by atoms with van der Waals surface area (Å²) >= 11 is 0. The molecule has 1 aromatic heterocycles. The van der Waals surface area contributed by atoms with Gasteiger partial charge in [-0.15, -0.1) is 0 Å². The van der Waals surface area contributed by atoms with Crippen LogP contribution >= 0.6 is 0 Å². The lowest BCUT2D eigenvalue weighted by molar-refractivity contribution is -0.582. The molecule has 0 aliphatic carbocycles. The molecule has 0 fully saturated rings. The average molecular weight is 476 g/mol. The van der Waals surface area contributed by atoms with E-state index in [4.69, 9.17) is 5.73 Å². The van der Waals surface area contributed by atoms with E-state index in [1.807, 2.05) is 12.1 Å². The average Bonchev–Trinajstić information content (AvgIpc) is 2.98. The molecular weight excluding hydrogens is 448 g/mol. The van der Waals surface area contributed by atoms with E-state index in [1.54, 1.807) is 0 Å². The van der Waals surface area contributed by atoms with Gasteiger partial charge in [0.15, 0.2) is 6.20 Å². The molecule has 0 unspecified atom stereocenters. The molecule has 37 heavy (non-hydrogen) atoms. The Labute approximate surface area is 217 Å². The minimum atomic E-state index is 0.748. The molecule has 0 atom stereocenters. The SMILES string of the molecule is Nc1ccc(-[n+]2cc(-c3ccccc3)c(-c3ccccc3)c(-c3ccccc3)c2-c2ccccc2)cc1. The Hall–Kier alpha value is -4.95. The van der Waals surface area contributed by atoms with E-state index >= 15 is 0 Å². The molecule has 0 saturated carbocycles. The van der Waals surface area contributed by atoms with Gasteiger partial charge in [-0.05, 0) is 41.0 Å². The van der Waals surface area contributed by atoms with Crippen LogP contribution < -0.4 is 10.3 Å². The van der Waals surface area contributed by atoms with Gasteiger partial charge >= 0.3 is 0 Å². The normalized spacial score (nSPS) is 10.8. The van der Waals surface area contributed by atoms with Gasteiger partial charge in [0, 0.05) is 28.9 Å². The molecule has 2 nitrogen and oxygen atoms in total. The number of hydrogen-bond acceptors (Lipinski definition) is 1. The maximum absolute atomic E-state index is 6.09. The van der Waals surface area contributed by atoms with E-state index < -0.39 is 0 Å². The van der Waals surface area contributed by atoms with Crippen molar-refractivity contribution in [1.29, 1.82) is 0 Å². The molecule has 2 N–H and O–H groups in total. The van der Waals surface area contributed by atoms with Crippen molar-refractivity contribution in [3.05, 3.63) is 152 Å². The lowest BCUT2D eigenvalue weighted by atomic mass is 9.85. The summed E-state index contributed by atoms with van der Waals surface area (Å²) in [6.45, 7) is 0. The second-order valence-corrected chi connectivity index (χ2v) is 9.07. The van der Waals surface area contributed by atoms with Crippen LogP contribution in [0, 0.1) is 0 Å². The van der Waals surface area contributed by atoms with Crippen LogP contribution in [0.25, 0.3) is 50.3 Å². The number of pyridine rings is 1. The number of aromatic nitrogens is 1. The molecule has 0 aliphatic heterocycles. The van der Waals surface area contributed by atoms with Crippen LogP contribution in [0.15, 0.2) is 152 Å². The quantitative estimate of drug-likeness (QED) is 0.198. The predicted molar refractivity (Wildman–Crippen MR) is 154 cm³/mol. The van der Waals surface area contributed by atoms with Crippen molar-refractivity contribution >= 4 is 5.69 Å². The van der Waals surface area contributed by atoms with Crippen LogP contribution in [-0.4, -0.2) is 0 Å². The van der Waals surface area contributed by atoms with Gasteiger partial charge in [0.05, 0.1) is 11.1 Å². The number of rotatable bonds is 5. The molecule has 1 heterocycles. The van der Waals surface area contributed by atoms with Gasteiger partial charge in [0.25, 0.3) is 0 Å². The van der Waals surface area contributed by atoms with Crippen molar-refractivity contribution in [1.82, 2.24) is 0 Å². The molecule has 6 aromatic rings. The number of anilines is 1. The minimum Gasteiger partial charge on any atom is -0.399 e. The van der Waals surface area contributed by atoms with Crippen LogP contribution in [0.4, 0.5) is 5.69 Å². The highest BCUT2D eigenvalue weighted by atomic mass is 15.0. The molecule has 0 saturated heterocycles. The van der Waals surface area contributed by atoms with Gasteiger partial charge in [0.1, 0.15) is 0 Å². The van der Waals surface area contributed by atoms with Gasteiger partial charge in [-0.1, -0.05) is 109 Å². The highest BCUT2D eigenvalue weighted by Crippen LogP contribution is 2.44. The van der Waals surface area contributed by atoms with Crippen LogP contribution in [0.2, 0.25) is 0 Å². The third-order valence-electron chi connectivity index (χ3n) is 6.68. The van der Waals surface area contributed by atoms with Gasteiger partial charge in [0.2, 0.25) is 11.4 Å². The number of hydrogen-bond donors (Lipinski definition) is 1. The summed E-state index contributed by atoms with van der Waals surface area (Å²) in [4.78, 5) is 0. The van der Waals surface area contributed by atoms with E-state index in [9.17, 15) is 0 Å². The van der Waals surface area contributed by atoms with Crippen LogP contribution in [-0.2, 0) is 0 Å². The van der Waals surface area contributed by atoms with Crippen molar-refractivity contribution in [3.8, 4) is 50.3 Å². The van der Waals surface area contributed by atoms with Crippen molar-refractivity contribution in [3.63, 3.8) is 0 Å². The van der Waals surface area contributed by atoms with Crippen molar-refractivity contribution in [2.75, 3.05) is 5.73 Å². The third-order valence-corrected chi connectivity index (χ3v) is 6.68. The zero-order chi connectivity index (χ0) is 25.0. The molecule has 2 heteroatoms. The fraction of sp³-hybridized carbons (Fsp3) is 0. The van der Waals surface area contributed by atoms with E-state index in [0.717, 1.165) is 22.6 Å². The molecule has 0 amide bonds. The summed E-state index contributed by atoms with van der Waals surface area (Å²) in [5.74, 6) is 0. The zero-order valence-corrected chi connectivity index (χ0v) is 20.5. The first-order valence-corrected chi connectivity index (χ1v) is 12.5. The molecule has 6 rings (SSSR count). The Balaban J connectivity index is 1.83. The topological polar surface area (TPSA) is 29.9 Å². The molecular formula is C35H27N2+. The van der Waals surface area contributed by atoms with E-state index in [1.165, 1.54) is 33.4 Å². The fourth-order valence-electron chi connectivity index (χ4n) is 4.98. The molecule has 0 radical (unpaired) electrons. The van der Waals surface area contributed by atoms with Crippen molar-refractivity contribution in [2.45, 2.75) is 0 Å². The fourth-order valence-corrected chi connectivity index (χ4v) is 4.98. The summed E-state index contributed by atoms with van der Waals surface area (Å²) in [7, 11) is 0. The molecule has 0 aliphatic rings. The standard InChI is InChI=1S/C35H27N2/c36-30-21-23-31(24-22-30)37-25-32(26-13-5-1-6-14-26)33(27-15-7-2-8-16-27)34(28-17-9-3-10-18-28)35(37)29-19-11-4-12-20-29/h1-25H,36H2/q+1. The number of nitrogens with zero attached hydrogens (tertiary/aromatic N) is 1. The van der Waals surface area contributed by atoms with E-state index in [0.29, 0.717) is 0 Å². The summed E-state index contributed by atoms with van der Waals surface area (Å²) in [5.41, 5.74) is 17.3. The Bertz CT molecular complexity index is 1630. The summed E-state index contributed by atoms with van der Waals surface area (Å²) in [5, 5.41) is 0. The zero-order valence-electron chi connectivity index (χ0n) is 20.5. The highest BCUT2D eigenvalue weighted by Gasteiger charge is 2.29. The number of nitrogen functional groups attached to an aromatic ring is 1. The molecule has 5 aromatic carbocycles. The van der Waals surface area contributed by atoms with E-state index in [2.05, 4.69) is 144 Å². The molecule has 176 valence electrons. The second-order valence-electron chi connectivity index (χ2n) is 9.07. The van der Waals surface area contributed by atoms with Crippen molar-refractivity contribution in [2.24, 2.45) is 0 Å². The van der Waals surface area contributed by atoms with Gasteiger partial charge in [-0.2, -0.15) is 4.57 Å². The minimum absolute atomic E-state index is 0.748. The second kappa shape index (κ2) is 9.96. The maximum atomic E-state index is 6.09. The Morgan fingerprint density at radius 1 is 0.405 bits per heavy atom. The number of benzene rings is 5. The first-order valence-electron chi connectivity index (χ1n) is 12.5. The Morgan fingerprint density at radius 2 is 0.838 bits per heavy atom. The van der Waals surface area contributed by atoms with Crippen LogP contribution in [0.1, 0.15) is 0 Å². The molecule has 0 bridgehead atoms. The first kappa shape index (κ1) is 22.5. The Morgan fingerprint density at radius 3 is 1.35 bits per heavy atom. The smallest absolute Gasteiger partial charge is 0.226 e. The third kappa shape index (κ3) is 4.41. The summed E-state index contributed by atoms with van der Waals surface area (Å²) in [6, 6.07) is 50.8. The summed E-state index contributed by atoms with van der Waals surface area (Å²) < 4.78 is 2.31. The van der Waals surface area contributed by atoms with E-state index in [-0.39, 0.29) is 0 Å². The van der Waals surface area contributed by atoms with Crippen LogP contribution in [0.3, 0.4) is 0 Å². The molecule has 0 spiro atoms. The number of nitrogens with two attached hydrogens (primary N) is 1. The lowest BCUT2D eigenvalue weighted by Gasteiger charge is -2.19. The van der Waals surface area contributed by atoms with Crippen LogP contribution in [0.5, 0.6) is 0 Å². The lowest BCUT2D eigenvalue weighted by Crippen LogP contribution is -2.34.